The Labute approximate surface area is 85.7 Å². The van der Waals surface area contributed by atoms with Crippen LogP contribution in [0.15, 0.2) is 0 Å². The summed E-state index contributed by atoms with van der Waals surface area (Å²) in [5, 5.41) is 0. The molecule has 13 heavy (non-hydrogen) atoms. The molecular weight excluding hydrogens is 240 g/mol. The molecule has 0 aliphatic rings. The van der Waals surface area contributed by atoms with E-state index in [1.165, 1.54) is 0 Å². The van der Waals surface area contributed by atoms with Crippen molar-refractivity contribution in [3.05, 3.63) is 0 Å². The van der Waals surface area contributed by atoms with Crippen molar-refractivity contribution in [3.63, 3.8) is 0 Å². The van der Waals surface area contributed by atoms with Gasteiger partial charge in [-0.3, -0.25) is 9.59 Å². The molecule has 76 valence electrons. The molecule has 1 atom stereocenters. The number of alkyl halides is 1. The number of halogens is 1. The average molecular weight is 253 g/mol. The minimum Gasteiger partial charge on any atom is -0.466 e. The van der Waals surface area contributed by atoms with E-state index < -0.39 is 16.8 Å². The molecule has 0 N–H and O–H groups in total. The number of rotatable bonds is 5. The van der Waals surface area contributed by atoms with Crippen molar-refractivity contribution in [1.82, 2.24) is 0 Å². The third-order valence-corrected chi connectivity index (χ3v) is 1.89. The van der Waals surface area contributed by atoms with Crippen molar-refractivity contribution >= 4 is 27.9 Å². The Bertz CT molecular complexity index is 181. The van der Waals surface area contributed by atoms with E-state index in [9.17, 15) is 9.59 Å². The van der Waals surface area contributed by atoms with Crippen molar-refractivity contribution < 1.29 is 19.1 Å². The highest BCUT2D eigenvalue weighted by molar-refractivity contribution is 9.10. The van der Waals surface area contributed by atoms with Crippen LogP contribution in [-0.4, -0.2) is 30.0 Å². The van der Waals surface area contributed by atoms with Gasteiger partial charge in [0, 0.05) is 0 Å². The predicted molar refractivity (Wildman–Crippen MR) is 50.6 cm³/mol. The standard InChI is InChI=1S/C8H13BrO4/c1-3-12-7(10)5-6(9)8(11)13-4-2/h6H,3-5H2,1-2H3/t6-/m1/s1. The molecular formula is C8H13BrO4. The Morgan fingerprint density at radius 2 is 1.77 bits per heavy atom. The minimum atomic E-state index is -0.605. The van der Waals surface area contributed by atoms with Crippen LogP contribution in [0.25, 0.3) is 0 Å². The predicted octanol–water partition coefficient (Wildman–Crippen LogP) is 1.27. The van der Waals surface area contributed by atoms with Crippen LogP contribution in [-0.2, 0) is 19.1 Å². The highest BCUT2D eigenvalue weighted by Crippen LogP contribution is 2.08. The number of carbonyl (C=O) groups excluding carboxylic acids is 2. The SMILES string of the molecule is CCOC(=O)C[C@@H](Br)C(=O)OCC. The van der Waals surface area contributed by atoms with Crippen LogP contribution in [0.1, 0.15) is 20.3 Å². The summed E-state index contributed by atoms with van der Waals surface area (Å²) in [4.78, 5) is 21.3. The van der Waals surface area contributed by atoms with E-state index in [1.54, 1.807) is 13.8 Å². The van der Waals surface area contributed by atoms with Crippen molar-refractivity contribution in [3.8, 4) is 0 Å². The molecule has 0 radical (unpaired) electrons. The molecule has 0 unspecified atom stereocenters. The number of ether oxygens (including phenoxy) is 2. The maximum Gasteiger partial charge on any atom is 0.320 e. The van der Waals surface area contributed by atoms with Crippen molar-refractivity contribution in [2.45, 2.75) is 25.1 Å². The maximum atomic E-state index is 11.0. The van der Waals surface area contributed by atoms with E-state index in [0.29, 0.717) is 13.2 Å². The monoisotopic (exact) mass is 252 g/mol. The van der Waals surface area contributed by atoms with E-state index in [2.05, 4.69) is 25.4 Å². The Morgan fingerprint density at radius 3 is 2.23 bits per heavy atom. The molecule has 0 aromatic heterocycles. The number of hydrogen-bond donors (Lipinski definition) is 0. The highest BCUT2D eigenvalue weighted by Gasteiger charge is 2.20. The van der Waals surface area contributed by atoms with Gasteiger partial charge in [-0.25, -0.2) is 0 Å². The van der Waals surface area contributed by atoms with E-state index in [0.717, 1.165) is 0 Å². The molecule has 0 amide bonds. The first kappa shape index (κ1) is 12.4. The molecule has 0 spiro atoms. The molecule has 0 aliphatic carbocycles. The molecule has 0 aromatic carbocycles. The van der Waals surface area contributed by atoms with Gasteiger partial charge >= 0.3 is 11.9 Å². The third-order valence-electron chi connectivity index (χ3n) is 1.19. The van der Waals surface area contributed by atoms with Gasteiger partial charge in [0.2, 0.25) is 0 Å². The summed E-state index contributed by atoms with van der Waals surface area (Å²) >= 11 is 3.04. The summed E-state index contributed by atoms with van der Waals surface area (Å²) in [5.74, 6) is -0.840. The van der Waals surface area contributed by atoms with Crippen LogP contribution in [0.2, 0.25) is 0 Å². The van der Waals surface area contributed by atoms with Gasteiger partial charge in [0.25, 0.3) is 0 Å². The van der Waals surface area contributed by atoms with Crippen molar-refractivity contribution in [2.24, 2.45) is 0 Å². The van der Waals surface area contributed by atoms with Crippen LogP contribution < -0.4 is 0 Å². The van der Waals surface area contributed by atoms with Crippen molar-refractivity contribution in [1.29, 1.82) is 0 Å². The molecule has 0 rings (SSSR count). The Kier molecular flexibility index (Phi) is 6.58. The second-order valence-electron chi connectivity index (χ2n) is 2.23. The summed E-state index contributed by atoms with van der Waals surface area (Å²) < 4.78 is 9.35. The molecule has 0 heterocycles. The van der Waals surface area contributed by atoms with E-state index >= 15 is 0 Å². The first-order valence-corrected chi connectivity index (χ1v) is 4.99. The van der Waals surface area contributed by atoms with Crippen LogP contribution in [0, 0.1) is 0 Å². The van der Waals surface area contributed by atoms with Gasteiger partial charge in [0.1, 0.15) is 4.83 Å². The van der Waals surface area contributed by atoms with Crippen LogP contribution >= 0.6 is 15.9 Å². The maximum absolute atomic E-state index is 11.0. The molecule has 4 nitrogen and oxygen atoms in total. The smallest absolute Gasteiger partial charge is 0.320 e. The van der Waals surface area contributed by atoms with Gasteiger partial charge in [-0.2, -0.15) is 0 Å². The molecule has 0 saturated carbocycles. The molecule has 0 aliphatic heterocycles. The largest absolute Gasteiger partial charge is 0.466 e. The summed E-state index contributed by atoms with van der Waals surface area (Å²) in [6.07, 6.45) is 0.00662. The molecule has 5 heteroatoms. The lowest BCUT2D eigenvalue weighted by molar-refractivity contribution is -0.149. The fraction of sp³-hybridized carbons (Fsp3) is 0.750. The Morgan fingerprint density at radius 1 is 1.23 bits per heavy atom. The van der Waals surface area contributed by atoms with Gasteiger partial charge in [-0.15, -0.1) is 0 Å². The second-order valence-corrected chi connectivity index (χ2v) is 3.33. The van der Waals surface area contributed by atoms with Crippen LogP contribution in [0.3, 0.4) is 0 Å². The van der Waals surface area contributed by atoms with Gasteiger partial charge in [-0.05, 0) is 13.8 Å². The van der Waals surface area contributed by atoms with Gasteiger partial charge in [0.05, 0.1) is 19.6 Å². The zero-order valence-corrected chi connectivity index (χ0v) is 9.30. The number of hydrogen-bond acceptors (Lipinski definition) is 4. The lowest BCUT2D eigenvalue weighted by atomic mass is 10.3. The van der Waals surface area contributed by atoms with Gasteiger partial charge in [-0.1, -0.05) is 15.9 Å². The van der Waals surface area contributed by atoms with Crippen LogP contribution in [0.5, 0.6) is 0 Å². The van der Waals surface area contributed by atoms with Gasteiger partial charge < -0.3 is 9.47 Å². The Balaban J connectivity index is 3.78. The molecule has 0 fully saturated rings. The minimum absolute atomic E-state index is 0.00662. The first-order valence-electron chi connectivity index (χ1n) is 4.08. The van der Waals surface area contributed by atoms with Crippen LogP contribution in [0.4, 0.5) is 0 Å². The summed E-state index contributed by atoms with van der Waals surface area (Å²) in [5.41, 5.74) is 0. The number of carbonyl (C=O) groups is 2. The topological polar surface area (TPSA) is 52.6 Å². The summed E-state index contributed by atoms with van der Waals surface area (Å²) in [6.45, 7) is 4.05. The van der Waals surface area contributed by atoms with Gasteiger partial charge in [0.15, 0.2) is 0 Å². The second kappa shape index (κ2) is 6.88. The zero-order valence-electron chi connectivity index (χ0n) is 7.71. The fourth-order valence-electron chi connectivity index (χ4n) is 0.682. The van der Waals surface area contributed by atoms with E-state index in [4.69, 9.17) is 0 Å². The molecule has 0 aromatic rings. The summed E-state index contributed by atoms with van der Waals surface area (Å²) in [7, 11) is 0. The van der Waals surface area contributed by atoms with E-state index in [-0.39, 0.29) is 6.42 Å². The van der Waals surface area contributed by atoms with Crippen molar-refractivity contribution in [2.75, 3.05) is 13.2 Å². The fourth-order valence-corrected chi connectivity index (χ4v) is 1.08. The quantitative estimate of drug-likeness (QED) is 0.546. The Hall–Kier alpha value is -0.580. The average Bonchev–Trinajstić information content (AvgIpc) is 2.05. The lowest BCUT2D eigenvalue weighted by Crippen LogP contribution is -2.21. The number of esters is 2. The molecule has 0 saturated heterocycles. The first-order chi connectivity index (χ1) is 6.11. The highest BCUT2D eigenvalue weighted by atomic mass is 79.9. The summed E-state index contributed by atoms with van der Waals surface area (Å²) in [6, 6.07) is 0. The van der Waals surface area contributed by atoms with E-state index in [1.807, 2.05) is 0 Å². The third kappa shape index (κ3) is 5.63. The molecule has 0 bridgehead atoms. The lowest BCUT2D eigenvalue weighted by Gasteiger charge is -2.07. The zero-order chi connectivity index (χ0) is 10.3. The normalized spacial score (nSPS) is 11.9.